The maximum absolute atomic E-state index is 13.1. The lowest BCUT2D eigenvalue weighted by Crippen LogP contribution is -2.18. The monoisotopic (exact) mass is 429 g/mol. The van der Waals surface area contributed by atoms with Crippen LogP contribution in [0.3, 0.4) is 0 Å². The molecular weight excluding hydrogens is 410 g/mol. The minimum absolute atomic E-state index is 0.242. The molecule has 0 bridgehead atoms. The number of nitrogens with zero attached hydrogens (tertiary/aromatic N) is 4. The molecule has 0 unspecified atom stereocenters. The van der Waals surface area contributed by atoms with Gasteiger partial charge in [0.2, 0.25) is 0 Å². The molecule has 0 fully saturated rings. The van der Waals surface area contributed by atoms with Crippen molar-refractivity contribution < 1.29 is 4.79 Å². The van der Waals surface area contributed by atoms with Crippen molar-refractivity contribution in [3.8, 4) is 17.3 Å². The molecule has 5 aromatic rings. The molecule has 0 aliphatic rings. The second kappa shape index (κ2) is 8.77. The third kappa shape index (κ3) is 3.95. The van der Waals surface area contributed by atoms with E-state index in [0.717, 1.165) is 38.6 Å². The zero-order valence-electron chi connectivity index (χ0n) is 17.6. The Morgan fingerprint density at radius 3 is 2.55 bits per heavy atom. The molecule has 0 aliphatic heterocycles. The fraction of sp³-hybridized carbons (Fsp3) is 0.0370. The summed E-state index contributed by atoms with van der Waals surface area (Å²) in [5.41, 5.74) is 7.33. The Morgan fingerprint density at radius 2 is 1.73 bits per heavy atom. The maximum Gasteiger partial charge on any atom is 0.272 e. The first-order valence-electron chi connectivity index (χ1n) is 10.5. The lowest BCUT2D eigenvalue weighted by molar-refractivity contribution is 0.0956. The van der Waals surface area contributed by atoms with Crippen LogP contribution < -0.4 is 5.43 Å². The Hall–Kier alpha value is -4.76. The first-order chi connectivity index (χ1) is 16.2. The molecule has 0 saturated heterocycles. The summed E-state index contributed by atoms with van der Waals surface area (Å²) in [6, 6.07) is 29.1. The molecule has 0 aliphatic carbocycles. The lowest BCUT2D eigenvalue weighted by Gasteiger charge is -2.09. The third-order valence-electron chi connectivity index (χ3n) is 5.46. The van der Waals surface area contributed by atoms with E-state index in [1.54, 1.807) is 12.3 Å². The number of benzene rings is 3. The number of hydrogen-bond acceptors (Lipinski definition) is 4. The second-order valence-corrected chi connectivity index (χ2v) is 7.52. The van der Waals surface area contributed by atoms with Crippen molar-refractivity contribution in [3.63, 3.8) is 0 Å². The Labute approximate surface area is 190 Å². The number of aromatic nitrogens is 2. The number of fused-ring (bicyclic) bond motifs is 2. The quantitative estimate of drug-likeness (QED) is 0.310. The van der Waals surface area contributed by atoms with E-state index in [2.05, 4.69) is 16.6 Å². The Balaban J connectivity index is 1.47. The van der Waals surface area contributed by atoms with Gasteiger partial charge in [0.1, 0.15) is 6.54 Å². The number of hydrogen-bond donors (Lipinski definition) is 1. The average molecular weight is 429 g/mol. The van der Waals surface area contributed by atoms with Gasteiger partial charge < -0.3 is 4.57 Å². The van der Waals surface area contributed by atoms with Gasteiger partial charge in [0.05, 0.1) is 29.1 Å². The highest BCUT2D eigenvalue weighted by Gasteiger charge is 2.14. The van der Waals surface area contributed by atoms with Crippen molar-refractivity contribution in [1.82, 2.24) is 15.0 Å². The van der Waals surface area contributed by atoms with E-state index in [1.165, 1.54) is 0 Å². The number of pyridine rings is 1. The highest BCUT2D eigenvalue weighted by atomic mass is 16.2. The summed E-state index contributed by atoms with van der Waals surface area (Å²) in [5.74, 6) is -0.317. The predicted molar refractivity (Wildman–Crippen MR) is 130 cm³/mol. The van der Waals surface area contributed by atoms with E-state index in [0.29, 0.717) is 5.56 Å². The predicted octanol–water partition coefficient (Wildman–Crippen LogP) is 5.14. The molecule has 5 rings (SSSR count). The topological polar surface area (TPSA) is 83.1 Å². The number of carbonyl (C=O) groups is 1. The van der Waals surface area contributed by atoms with Gasteiger partial charge in [-0.3, -0.25) is 4.79 Å². The van der Waals surface area contributed by atoms with Gasteiger partial charge in [0, 0.05) is 33.6 Å². The third-order valence-corrected chi connectivity index (χ3v) is 5.46. The maximum atomic E-state index is 13.1. The van der Waals surface area contributed by atoms with Gasteiger partial charge in [-0.1, -0.05) is 66.7 Å². The molecule has 0 atom stereocenters. The van der Waals surface area contributed by atoms with Crippen LogP contribution in [-0.4, -0.2) is 21.7 Å². The molecule has 3 aromatic carbocycles. The number of amides is 1. The molecule has 6 heteroatoms. The van der Waals surface area contributed by atoms with Crippen LogP contribution in [0.25, 0.3) is 33.1 Å². The van der Waals surface area contributed by atoms with Crippen LogP contribution in [0, 0.1) is 11.3 Å². The van der Waals surface area contributed by atoms with Crippen molar-refractivity contribution in [3.05, 3.63) is 102 Å². The second-order valence-electron chi connectivity index (χ2n) is 7.52. The number of nitrogens with one attached hydrogen (secondary N) is 1. The summed E-state index contributed by atoms with van der Waals surface area (Å²) >= 11 is 0. The van der Waals surface area contributed by atoms with Gasteiger partial charge in [0.15, 0.2) is 0 Å². The van der Waals surface area contributed by atoms with Crippen LogP contribution in [0.2, 0.25) is 0 Å². The number of hydrazone groups is 1. The first-order valence-corrected chi connectivity index (χ1v) is 10.5. The van der Waals surface area contributed by atoms with Crippen LogP contribution in [0.5, 0.6) is 0 Å². The summed E-state index contributed by atoms with van der Waals surface area (Å²) in [6.07, 6.45) is 3.47. The average Bonchev–Trinajstić information content (AvgIpc) is 3.21. The summed E-state index contributed by atoms with van der Waals surface area (Å²) < 4.78 is 1.86. The van der Waals surface area contributed by atoms with Gasteiger partial charge in [-0.15, -0.1) is 0 Å². The normalized spacial score (nSPS) is 11.1. The van der Waals surface area contributed by atoms with Gasteiger partial charge in [-0.2, -0.15) is 10.4 Å². The SMILES string of the molecule is N#CCn1cc(/C=N\NC(=O)c2cc(-c3ccccc3)nc3ccccc23)c2ccccc21. The highest BCUT2D eigenvalue weighted by Crippen LogP contribution is 2.25. The van der Waals surface area contributed by atoms with E-state index in [-0.39, 0.29) is 12.5 Å². The zero-order chi connectivity index (χ0) is 22.6. The molecule has 33 heavy (non-hydrogen) atoms. The number of rotatable bonds is 5. The van der Waals surface area contributed by atoms with Crippen LogP contribution in [0.15, 0.2) is 96.2 Å². The molecule has 158 valence electrons. The first kappa shape index (κ1) is 20.2. The van der Waals surface area contributed by atoms with Crippen LogP contribution in [0.1, 0.15) is 15.9 Å². The molecule has 1 amide bonds. The smallest absolute Gasteiger partial charge is 0.272 e. The lowest BCUT2D eigenvalue weighted by atomic mass is 10.0. The molecule has 0 saturated carbocycles. The minimum Gasteiger partial charge on any atom is -0.333 e. The number of nitriles is 1. The van der Waals surface area contributed by atoms with Gasteiger partial charge in [0.25, 0.3) is 5.91 Å². The summed E-state index contributed by atoms with van der Waals surface area (Å²) in [5, 5.41) is 15.0. The van der Waals surface area contributed by atoms with E-state index in [9.17, 15) is 4.79 Å². The number of carbonyl (C=O) groups excluding carboxylic acids is 1. The molecular formula is C27H19N5O. The highest BCUT2D eigenvalue weighted by molar-refractivity contribution is 6.07. The van der Waals surface area contributed by atoms with Crippen molar-refractivity contribution in [2.45, 2.75) is 6.54 Å². The molecule has 2 heterocycles. The fourth-order valence-electron chi connectivity index (χ4n) is 3.93. The Bertz CT molecular complexity index is 1540. The van der Waals surface area contributed by atoms with Crippen molar-refractivity contribution in [2.75, 3.05) is 0 Å². The molecule has 2 aromatic heterocycles. The summed E-state index contributed by atoms with van der Waals surface area (Å²) in [6.45, 7) is 0.242. The molecule has 0 spiro atoms. The molecule has 1 N–H and O–H groups in total. The zero-order valence-corrected chi connectivity index (χ0v) is 17.6. The van der Waals surface area contributed by atoms with Crippen LogP contribution in [-0.2, 0) is 6.54 Å². The van der Waals surface area contributed by atoms with Crippen LogP contribution in [0.4, 0.5) is 0 Å². The Morgan fingerprint density at radius 1 is 1.00 bits per heavy atom. The van der Waals surface area contributed by atoms with Gasteiger partial charge >= 0.3 is 0 Å². The minimum atomic E-state index is -0.317. The van der Waals surface area contributed by atoms with Gasteiger partial charge in [-0.05, 0) is 18.2 Å². The standard InChI is InChI=1S/C27H19N5O/c28-14-15-32-18-20(21-10-5-7-13-26(21)32)17-29-31-27(33)23-16-25(19-8-2-1-3-9-19)30-24-12-6-4-11-22(23)24/h1-13,16-18H,15H2,(H,31,33)/b29-17-. The molecule has 0 radical (unpaired) electrons. The number of para-hydroxylation sites is 2. The van der Waals surface area contributed by atoms with E-state index in [1.807, 2.05) is 89.6 Å². The Kier molecular flexibility index (Phi) is 5.36. The largest absolute Gasteiger partial charge is 0.333 e. The van der Waals surface area contributed by atoms with E-state index < -0.39 is 0 Å². The van der Waals surface area contributed by atoms with Crippen molar-refractivity contribution in [1.29, 1.82) is 5.26 Å². The summed E-state index contributed by atoms with van der Waals surface area (Å²) in [4.78, 5) is 17.8. The van der Waals surface area contributed by atoms with E-state index in [4.69, 9.17) is 10.2 Å². The van der Waals surface area contributed by atoms with Gasteiger partial charge in [-0.25, -0.2) is 10.4 Å². The van der Waals surface area contributed by atoms with Crippen molar-refractivity contribution in [2.24, 2.45) is 5.10 Å². The summed E-state index contributed by atoms with van der Waals surface area (Å²) in [7, 11) is 0. The molecule has 6 nitrogen and oxygen atoms in total. The van der Waals surface area contributed by atoms with Crippen molar-refractivity contribution >= 4 is 33.9 Å². The van der Waals surface area contributed by atoms with E-state index >= 15 is 0 Å². The fourth-order valence-corrected chi connectivity index (χ4v) is 3.93. The van der Waals surface area contributed by atoms with Crippen LogP contribution >= 0.6 is 0 Å².